The van der Waals surface area contributed by atoms with Crippen LogP contribution in [-0.4, -0.2) is 31.7 Å². The Balaban J connectivity index is 2.02. The summed E-state index contributed by atoms with van der Waals surface area (Å²) >= 11 is 0. The summed E-state index contributed by atoms with van der Waals surface area (Å²) < 4.78 is 54.5. The van der Waals surface area contributed by atoms with Gasteiger partial charge in [0.2, 0.25) is 0 Å². The van der Waals surface area contributed by atoms with E-state index in [1.54, 1.807) is 19.1 Å². The first-order valence-corrected chi connectivity index (χ1v) is 8.79. The number of rotatable bonds is 8. The summed E-state index contributed by atoms with van der Waals surface area (Å²) in [5.41, 5.74) is -1.43. The van der Waals surface area contributed by atoms with Crippen molar-refractivity contribution in [1.29, 1.82) is 0 Å². The van der Waals surface area contributed by atoms with Crippen molar-refractivity contribution in [2.75, 3.05) is 25.1 Å². The van der Waals surface area contributed by atoms with Crippen molar-refractivity contribution < 1.29 is 37.0 Å². The molecule has 29 heavy (non-hydrogen) atoms. The van der Waals surface area contributed by atoms with E-state index in [0.29, 0.717) is 30.4 Å². The number of carbonyl (C=O) groups is 2. The number of anilines is 1. The third kappa shape index (κ3) is 6.13. The van der Waals surface area contributed by atoms with Gasteiger partial charge >= 0.3 is 12.1 Å². The second kappa shape index (κ2) is 9.81. The minimum absolute atomic E-state index is 0.355. The van der Waals surface area contributed by atoms with E-state index in [2.05, 4.69) is 5.32 Å². The number of nitrogens with one attached hydrogen (secondary N) is 1. The smallest absolute Gasteiger partial charge is 0.417 e. The lowest BCUT2D eigenvalue weighted by Crippen LogP contribution is -2.22. The lowest BCUT2D eigenvalue weighted by atomic mass is 10.1. The van der Waals surface area contributed by atoms with Crippen LogP contribution in [0.1, 0.15) is 29.8 Å². The van der Waals surface area contributed by atoms with Crippen LogP contribution in [0, 0.1) is 0 Å². The van der Waals surface area contributed by atoms with E-state index in [1.165, 1.54) is 12.1 Å². The van der Waals surface area contributed by atoms with Crippen molar-refractivity contribution in [3.63, 3.8) is 0 Å². The second-order valence-corrected chi connectivity index (χ2v) is 5.70. The van der Waals surface area contributed by atoms with Gasteiger partial charge in [-0.15, -0.1) is 0 Å². The molecule has 0 spiro atoms. The molecule has 0 aliphatic rings. The van der Waals surface area contributed by atoms with Crippen LogP contribution in [0.2, 0.25) is 0 Å². The molecule has 0 aliphatic carbocycles. The van der Waals surface area contributed by atoms with E-state index in [9.17, 15) is 22.8 Å². The first-order chi connectivity index (χ1) is 13.8. The van der Waals surface area contributed by atoms with Crippen LogP contribution < -0.4 is 14.8 Å². The van der Waals surface area contributed by atoms with Gasteiger partial charge in [-0.2, -0.15) is 13.2 Å². The van der Waals surface area contributed by atoms with Crippen LogP contribution in [0.3, 0.4) is 0 Å². The van der Waals surface area contributed by atoms with Crippen molar-refractivity contribution in [2.24, 2.45) is 0 Å². The maximum Gasteiger partial charge on any atom is 0.417 e. The lowest BCUT2D eigenvalue weighted by Gasteiger charge is -2.14. The van der Waals surface area contributed by atoms with E-state index >= 15 is 0 Å². The molecule has 1 amide bonds. The van der Waals surface area contributed by atoms with Crippen LogP contribution in [0.4, 0.5) is 18.9 Å². The first kappa shape index (κ1) is 22.1. The van der Waals surface area contributed by atoms with Gasteiger partial charge in [0.15, 0.2) is 18.1 Å². The Labute approximate surface area is 165 Å². The Bertz CT molecular complexity index is 867. The van der Waals surface area contributed by atoms with Crippen molar-refractivity contribution in [1.82, 2.24) is 0 Å². The molecule has 0 aliphatic heterocycles. The van der Waals surface area contributed by atoms with Crippen LogP contribution in [0.25, 0.3) is 0 Å². The van der Waals surface area contributed by atoms with E-state index in [4.69, 9.17) is 14.2 Å². The topological polar surface area (TPSA) is 73.9 Å². The molecule has 0 unspecified atom stereocenters. The summed E-state index contributed by atoms with van der Waals surface area (Å²) in [6, 6.07) is 8.90. The Morgan fingerprint density at radius 1 is 0.966 bits per heavy atom. The number of hydrogen-bond donors (Lipinski definition) is 1. The number of esters is 1. The third-order valence-electron chi connectivity index (χ3n) is 3.61. The number of ether oxygens (including phenoxy) is 3. The molecular formula is C20H20F3NO5. The fraction of sp³-hybridized carbons (Fsp3) is 0.300. The van der Waals surface area contributed by atoms with E-state index in [0.717, 1.165) is 18.2 Å². The van der Waals surface area contributed by atoms with Gasteiger partial charge in [-0.1, -0.05) is 12.1 Å². The molecule has 2 aromatic carbocycles. The number of alkyl halides is 3. The SMILES string of the molecule is CCOc1ccc(NC(=O)COC(=O)c2ccccc2C(F)(F)F)cc1OCC. The number of carbonyl (C=O) groups excluding carboxylic acids is 2. The molecule has 9 heteroatoms. The molecule has 2 aromatic rings. The predicted molar refractivity (Wildman–Crippen MR) is 99.1 cm³/mol. The summed E-state index contributed by atoms with van der Waals surface area (Å²) in [6.07, 6.45) is -4.71. The molecule has 2 rings (SSSR count). The predicted octanol–water partition coefficient (Wildman–Crippen LogP) is 4.30. The summed E-state index contributed by atoms with van der Waals surface area (Å²) in [5, 5.41) is 2.49. The maximum absolute atomic E-state index is 13.0. The lowest BCUT2D eigenvalue weighted by molar-refractivity contribution is -0.138. The fourth-order valence-electron chi connectivity index (χ4n) is 2.44. The molecule has 0 saturated carbocycles. The molecule has 0 aromatic heterocycles. The number of benzene rings is 2. The molecule has 1 N–H and O–H groups in total. The standard InChI is InChI=1S/C20H20F3NO5/c1-3-27-16-10-9-13(11-17(16)28-4-2)24-18(25)12-29-19(26)14-7-5-6-8-15(14)20(21,22)23/h5-11H,3-4,12H2,1-2H3,(H,24,25). The maximum atomic E-state index is 13.0. The summed E-state index contributed by atoms with van der Waals surface area (Å²) in [4.78, 5) is 24.0. The zero-order chi connectivity index (χ0) is 21.4. The Morgan fingerprint density at radius 2 is 1.62 bits per heavy atom. The zero-order valence-electron chi connectivity index (χ0n) is 15.8. The van der Waals surface area contributed by atoms with Gasteiger partial charge in [0, 0.05) is 11.8 Å². The molecule has 0 radical (unpaired) electrons. The minimum Gasteiger partial charge on any atom is -0.490 e. The highest BCUT2D eigenvalue weighted by Gasteiger charge is 2.35. The van der Waals surface area contributed by atoms with Gasteiger partial charge in [0.1, 0.15) is 0 Å². The number of halogens is 3. The summed E-state index contributed by atoms with van der Waals surface area (Å²) in [7, 11) is 0. The first-order valence-electron chi connectivity index (χ1n) is 8.79. The summed E-state index contributed by atoms with van der Waals surface area (Å²) in [6.45, 7) is 3.67. The molecule has 0 heterocycles. The van der Waals surface area contributed by atoms with Gasteiger partial charge in [-0.3, -0.25) is 4.79 Å². The number of hydrogen-bond acceptors (Lipinski definition) is 5. The van der Waals surface area contributed by atoms with E-state index in [-0.39, 0.29) is 0 Å². The van der Waals surface area contributed by atoms with Crippen molar-refractivity contribution in [3.8, 4) is 11.5 Å². The minimum atomic E-state index is -4.71. The van der Waals surface area contributed by atoms with Crippen molar-refractivity contribution in [3.05, 3.63) is 53.6 Å². The molecule has 0 bridgehead atoms. The fourth-order valence-corrected chi connectivity index (χ4v) is 2.44. The van der Waals surface area contributed by atoms with Crippen molar-refractivity contribution >= 4 is 17.6 Å². The molecule has 0 saturated heterocycles. The second-order valence-electron chi connectivity index (χ2n) is 5.70. The van der Waals surface area contributed by atoms with Crippen molar-refractivity contribution in [2.45, 2.75) is 20.0 Å². The Morgan fingerprint density at radius 3 is 2.28 bits per heavy atom. The molecule has 0 atom stereocenters. The van der Waals surface area contributed by atoms with Crippen LogP contribution >= 0.6 is 0 Å². The average molecular weight is 411 g/mol. The average Bonchev–Trinajstić information content (AvgIpc) is 2.68. The number of amides is 1. The normalized spacial score (nSPS) is 10.9. The van der Waals surface area contributed by atoms with E-state index < -0.39 is 35.8 Å². The van der Waals surface area contributed by atoms with Crippen LogP contribution in [0.15, 0.2) is 42.5 Å². The highest BCUT2D eigenvalue weighted by atomic mass is 19.4. The highest BCUT2D eigenvalue weighted by molar-refractivity contribution is 5.96. The molecule has 156 valence electrons. The Hall–Kier alpha value is -3.23. The van der Waals surface area contributed by atoms with Gasteiger partial charge in [-0.25, -0.2) is 4.79 Å². The molecule has 6 nitrogen and oxygen atoms in total. The highest BCUT2D eigenvalue weighted by Crippen LogP contribution is 2.32. The summed E-state index contributed by atoms with van der Waals surface area (Å²) in [5.74, 6) is -1.03. The van der Waals surface area contributed by atoms with E-state index in [1.807, 2.05) is 6.92 Å². The van der Waals surface area contributed by atoms with Gasteiger partial charge < -0.3 is 19.5 Å². The van der Waals surface area contributed by atoms with Gasteiger partial charge in [-0.05, 0) is 38.1 Å². The zero-order valence-corrected chi connectivity index (χ0v) is 15.8. The molecular weight excluding hydrogens is 391 g/mol. The monoisotopic (exact) mass is 411 g/mol. The molecule has 0 fully saturated rings. The van der Waals surface area contributed by atoms with Gasteiger partial charge in [0.25, 0.3) is 5.91 Å². The Kier molecular flexibility index (Phi) is 7.46. The quantitative estimate of drug-likeness (QED) is 0.656. The van der Waals surface area contributed by atoms with Gasteiger partial charge in [0.05, 0.1) is 24.3 Å². The van der Waals surface area contributed by atoms with Crippen LogP contribution in [0.5, 0.6) is 11.5 Å². The largest absolute Gasteiger partial charge is 0.490 e. The third-order valence-corrected chi connectivity index (χ3v) is 3.61. The van der Waals surface area contributed by atoms with Crippen LogP contribution in [-0.2, 0) is 15.7 Å².